The van der Waals surface area contributed by atoms with E-state index < -0.39 is 0 Å². The Hall–Kier alpha value is -9.31. The number of hydrogen-bond acceptors (Lipinski definition) is 7. The fourth-order valence-electron chi connectivity index (χ4n) is 9.75. The van der Waals surface area contributed by atoms with Crippen molar-refractivity contribution in [1.29, 1.82) is 10.5 Å². The molecule has 1 N–H and O–H groups in total. The molecule has 342 valence electrons. The number of aliphatic imine (C=N–C) groups is 1. The van der Waals surface area contributed by atoms with E-state index in [9.17, 15) is 10.5 Å². The highest BCUT2D eigenvalue weighted by atomic mass is 15.4. The molecule has 0 saturated heterocycles. The van der Waals surface area contributed by atoms with Crippen LogP contribution in [-0.2, 0) is 0 Å². The van der Waals surface area contributed by atoms with Gasteiger partial charge >= 0.3 is 0 Å². The van der Waals surface area contributed by atoms with E-state index in [1.54, 1.807) is 0 Å². The number of aromatic nitrogens is 4. The van der Waals surface area contributed by atoms with Gasteiger partial charge in [0.15, 0.2) is 11.6 Å². The van der Waals surface area contributed by atoms with Gasteiger partial charge in [-0.15, -0.1) is 5.10 Å². The third-order valence-corrected chi connectivity index (χ3v) is 13.4. The number of hydrogen-bond donors (Lipinski definition) is 1. The summed E-state index contributed by atoms with van der Waals surface area (Å²) in [5, 5.41) is 26.5. The summed E-state index contributed by atoms with van der Waals surface area (Å²) in [6.07, 6.45) is 21.9. The van der Waals surface area contributed by atoms with Crippen LogP contribution in [0.4, 0.5) is 11.4 Å². The number of nitrogens with one attached hydrogen (secondary N) is 1. The number of benzene rings is 6. The lowest BCUT2D eigenvalue weighted by atomic mass is 9.95. The highest BCUT2D eigenvalue weighted by Crippen LogP contribution is 2.43. The van der Waals surface area contributed by atoms with Gasteiger partial charge in [0, 0.05) is 52.4 Å². The lowest BCUT2D eigenvalue weighted by molar-refractivity contribution is 0.834. The third-order valence-electron chi connectivity index (χ3n) is 13.4. The van der Waals surface area contributed by atoms with Crippen molar-refractivity contribution in [1.82, 2.24) is 19.4 Å². The number of para-hydroxylation sites is 2. The molecule has 0 saturated carbocycles. The van der Waals surface area contributed by atoms with Crippen LogP contribution in [0.25, 0.3) is 61.3 Å². The Morgan fingerprint density at radius 1 is 0.775 bits per heavy atom. The minimum Gasteiger partial charge on any atom is -0.336 e. The summed E-state index contributed by atoms with van der Waals surface area (Å²) >= 11 is 0. The van der Waals surface area contributed by atoms with E-state index in [0.29, 0.717) is 24.4 Å². The molecule has 0 radical (unpaired) electrons. The Balaban J connectivity index is 1.01. The lowest BCUT2D eigenvalue weighted by Crippen LogP contribution is -2.15. The number of fused-ring (bicyclic) bond motifs is 4. The van der Waals surface area contributed by atoms with E-state index in [1.807, 2.05) is 54.2 Å². The normalized spacial score (nSPS) is 16.5. The molecule has 1 unspecified atom stereocenters. The first-order chi connectivity index (χ1) is 35.0. The average Bonchev–Trinajstić information content (AvgIpc) is 4.14. The molecule has 1 aliphatic heterocycles. The smallest absolute Gasteiger partial charge is 0.182 e. The Morgan fingerprint density at radius 3 is 2.30 bits per heavy atom. The Kier molecular flexibility index (Phi) is 12.1. The number of nitriles is 2. The van der Waals surface area contributed by atoms with Crippen LogP contribution in [-0.4, -0.2) is 38.7 Å². The molecule has 3 aliphatic rings. The summed E-state index contributed by atoms with van der Waals surface area (Å²) in [4.78, 5) is 12.2. The molecule has 9 heteroatoms. The van der Waals surface area contributed by atoms with Crippen LogP contribution < -0.4 is 10.3 Å². The Labute approximate surface area is 413 Å². The summed E-state index contributed by atoms with van der Waals surface area (Å²) in [6, 6.07) is 54.8. The van der Waals surface area contributed by atoms with Gasteiger partial charge in [-0.3, -0.25) is 15.1 Å². The SMILES string of the molecule is C/C=C(\C=C1/CN(c2ccccc2)c2ccc(-n3nc(-c4ccc(C#N)cc4)nc3C3=CCCC=C3)cc21)c1ccc2c3ccccc3n(N/C(=C\C(=NC)C3=CCC(C#N)C=C3)c3ccccc3)c2c1. The van der Waals surface area contributed by atoms with Crippen LogP contribution >= 0.6 is 0 Å². The van der Waals surface area contributed by atoms with Crippen LogP contribution in [0.15, 0.2) is 211 Å². The van der Waals surface area contributed by atoms with E-state index in [1.165, 1.54) is 5.57 Å². The summed E-state index contributed by atoms with van der Waals surface area (Å²) in [7, 11) is 1.82. The van der Waals surface area contributed by atoms with Crippen LogP contribution in [0.5, 0.6) is 0 Å². The molecule has 8 aromatic rings. The topological polar surface area (TPSA) is 111 Å². The largest absolute Gasteiger partial charge is 0.336 e. The van der Waals surface area contributed by atoms with Crippen molar-refractivity contribution in [2.75, 3.05) is 23.9 Å². The molecule has 0 fully saturated rings. The summed E-state index contributed by atoms with van der Waals surface area (Å²) in [6.45, 7) is 2.78. The number of allylic oxidation sites excluding steroid dienone is 12. The molecule has 71 heavy (non-hydrogen) atoms. The Morgan fingerprint density at radius 2 is 1.56 bits per heavy atom. The molecule has 9 nitrogen and oxygen atoms in total. The fraction of sp³-hybridized carbons (Fsp3) is 0.113. The maximum Gasteiger partial charge on any atom is 0.182 e. The van der Waals surface area contributed by atoms with E-state index in [4.69, 9.17) is 15.1 Å². The Bertz CT molecular complexity index is 3710. The molecule has 3 heterocycles. The van der Waals surface area contributed by atoms with Crippen LogP contribution in [0.1, 0.15) is 54.3 Å². The number of nitrogens with zero attached hydrogens (tertiary/aromatic N) is 8. The van der Waals surface area contributed by atoms with E-state index in [-0.39, 0.29) is 5.92 Å². The number of rotatable bonds is 11. The second-order valence-corrected chi connectivity index (χ2v) is 17.8. The molecule has 11 rings (SSSR count). The molecule has 6 aromatic carbocycles. The van der Waals surface area contributed by atoms with Crippen molar-refractivity contribution in [2.24, 2.45) is 10.9 Å². The molecule has 1 atom stereocenters. The molecule has 0 amide bonds. The molecular weight excluding hydrogens is 871 g/mol. The van der Waals surface area contributed by atoms with Crippen molar-refractivity contribution in [2.45, 2.75) is 26.2 Å². The standard InChI is InChI=1S/C62H49N9/c1-3-44(49-31-33-54-53-21-13-14-22-59(53)71(60(54)36-49)67-57(45-15-7-4-8-16-45)38-56(65-2)46-27-23-42(39-63)24-28-46)35-50-41-69(51-19-11-6-12-20-51)58-34-32-52(37-55(50)58)70-62(48-17-9-5-10-18-48)66-61(68-70)47-29-25-43(40-64)26-30-47/h3-4,6-9,11-23,25-38,42,67H,5,10,24,41H2,1-2H3/b44-3+,50-35+,57-38-,65-56?. The van der Waals surface area contributed by atoms with Gasteiger partial charge in [-0.05, 0) is 133 Å². The summed E-state index contributed by atoms with van der Waals surface area (Å²) < 4.78 is 4.17. The maximum atomic E-state index is 9.55. The van der Waals surface area contributed by atoms with Gasteiger partial charge in [0.2, 0.25) is 0 Å². The molecule has 2 aromatic heterocycles. The van der Waals surface area contributed by atoms with Crippen LogP contribution in [0.2, 0.25) is 0 Å². The fourth-order valence-corrected chi connectivity index (χ4v) is 9.75. The van der Waals surface area contributed by atoms with E-state index in [0.717, 1.165) is 108 Å². The zero-order valence-electron chi connectivity index (χ0n) is 39.5. The van der Waals surface area contributed by atoms with Gasteiger partial charge in [0.25, 0.3) is 0 Å². The van der Waals surface area contributed by atoms with Crippen LogP contribution in [0, 0.1) is 28.6 Å². The van der Waals surface area contributed by atoms with Gasteiger partial charge in [-0.25, -0.2) is 9.67 Å². The quantitative estimate of drug-likeness (QED) is 0.129. The molecule has 0 spiro atoms. The highest BCUT2D eigenvalue weighted by Gasteiger charge is 2.27. The zero-order valence-corrected chi connectivity index (χ0v) is 39.5. The minimum absolute atomic E-state index is 0.133. The molecule has 2 aliphatic carbocycles. The van der Waals surface area contributed by atoms with Crippen molar-refractivity contribution in [3.8, 4) is 29.2 Å². The van der Waals surface area contributed by atoms with E-state index in [2.05, 4.69) is 192 Å². The molecule has 0 bridgehead atoms. The average molecular weight is 920 g/mol. The second kappa shape index (κ2) is 19.4. The lowest BCUT2D eigenvalue weighted by Gasteiger charge is -2.19. The van der Waals surface area contributed by atoms with Gasteiger partial charge in [0.1, 0.15) is 0 Å². The second-order valence-electron chi connectivity index (χ2n) is 17.8. The first kappa shape index (κ1) is 44.2. The first-order valence-corrected chi connectivity index (χ1v) is 24.0. The van der Waals surface area contributed by atoms with E-state index >= 15 is 0 Å². The van der Waals surface area contributed by atoms with Crippen LogP contribution in [0.3, 0.4) is 0 Å². The van der Waals surface area contributed by atoms with Gasteiger partial charge < -0.3 is 4.90 Å². The highest BCUT2D eigenvalue weighted by molar-refractivity contribution is 6.15. The molecular formula is C62H49N9. The summed E-state index contributed by atoms with van der Waals surface area (Å²) in [5.41, 5.74) is 19.8. The maximum absolute atomic E-state index is 9.55. The van der Waals surface area contributed by atoms with Crippen molar-refractivity contribution in [3.63, 3.8) is 0 Å². The van der Waals surface area contributed by atoms with Gasteiger partial charge in [0.05, 0.1) is 51.7 Å². The third kappa shape index (κ3) is 8.62. The summed E-state index contributed by atoms with van der Waals surface area (Å²) in [5.74, 6) is 1.24. The first-order valence-electron chi connectivity index (χ1n) is 24.0. The van der Waals surface area contributed by atoms with Gasteiger partial charge in [-0.1, -0.05) is 121 Å². The van der Waals surface area contributed by atoms with Crippen molar-refractivity contribution < 1.29 is 0 Å². The minimum atomic E-state index is -0.133. The van der Waals surface area contributed by atoms with Gasteiger partial charge in [-0.2, -0.15) is 10.5 Å². The van der Waals surface area contributed by atoms with Crippen molar-refractivity contribution >= 4 is 61.3 Å². The van der Waals surface area contributed by atoms with Crippen molar-refractivity contribution in [3.05, 3.63) is 234 Å². The zero-order chi connectivity index (χ0) is 48.3. The predicted octanol–water partition coefficient (Wildman–Crippen LogP) is 14.0. The predicted molar refractivity (Wildman–Crippen MR) is 290 cm³/mol. The number of anilines is 2. The monoisotopic (exact) mass is 919 g/mol.